The van der Waals surface area contributed by atoms with Gasteiger partial charge in [-0.05, 0) is 49.8 Å². The summed E-state index contributed by atoms with van der Waals surface area (Å²) in [5, 5.41) is 5.44. The molecule has 31 heavy (non-hydrogen) atoms. The first-order valence-electron chi connectivity index (χ1n) is 10.3. The van der Waals surface area contributed by atoms with Gasteiger partial charge < -0.3 is 24.4 Å². The molecule has 2 N–H and O–H groups in total. The highest BCUT2D eigenvalue weighted by molar-refractivity contribution is 7.80. The Balaban J connectivity index is 1.94. The maximum Gasteiger partial charge on any atom is 0.308 e. The predicted octanol–water partition coefficient (Wildman–Crippen LogP) is 1.26. The maximum atomic E-state index is 12.6. The number of nitrogens with one attached hydrogen (secondary N) is 2. The van der Waals surface area contributed by atoms with Crippen LogP contribution in [0.3, 0.4) is 0 Å². The molecular formula is C21H29N3O6S. The Morgan fingerprint density at radius 2 is 1.94 bits per heavy atom. The Bertz CT molecular complexity index is 771. The van der Waals surface area contributed by atoms with Crippen molar-refractivity contribution in [2.45, 2.75) is 32.7 Å². The minimum absolute atomic E-state index is 0.0881. The molecular weight excluding hydrogens is 422 g/mol. The zero-order chi connectivity index (χ0) is 22.6. The lowest BCUT2D eigenvalue weighted by molar-refractivity contribution is -0.147. The summed E-state index contributed by atoms with van der Waals surface area (Å²) in [5.41, 5.74) is 0.389. The van der Waals surface area contributed by atoms with Crippen molar-refractivity contribution in [1.82, 2.24) is 15.5 Å². The highest BCUT2D eigenvalue weighted by atomic mass is 32.1. The van der Waals surface area contributed by atoms with Crippen molar-refractivity contribution in [3.63, 3.8) is 0 Å². The van der Waals surface area contributed by atoms with Crippen LogP contribution in [-0.4, -0.2) is 73.4 Å². The van der Waals surface area contributed by atoms with Crippen LogP contribution >= 0.6 is 12.2 Å². The minimum atomic E-state index is -0.827. The summed E-state index contributed by atoms with van der Waals surface area (Å²) in [7, 11) is 0. The normalized spacial score (nSPS) is 15.7. The molecule has 0 spiro atoms. The van der Waals surface area contributed by atoms with Crippen LogP contribution in [-0.2, 0) is 19.1 Å². The Morgan fingerprint density at radius 1 is 1.19 bits per heavy atom. The van der Waals surface area contributed by atoms with Gasteiger partial charge in [-0.15, -0.1) is 0 Å². The van der Waals surface area contributed by atoms with Crippen LogP contribution in [0.25, 0.3) is 0 Å². The summed E-state index contributed by atoms with van der Waals surface area (Å²) >= 11 is 5.35. The van der Waals surface area contributed by atoms with Crippen LogP contribution in [0.5, 0.6) is 5.75 Å². The van der Waals surface area contributed by atoms with Crippen molar-refractivity contribution in [3.8, 4) is 5.75 Å². The SMILES string of the molecule is CCCOC(=O)CC1C(=O)NCCN1C(=S)NC(=O)c1ccc(OCCOCC)cc1. The highest BCUT2D eigenvalue weighted by Gasteiger charge is 2.34. The van der Waals surface area contributed by atoms with E-state index >= 15 is 0 Å². The molecule has 1 aromatic carbocycles. The van der Waals surface area contributed by atoms with Crippen LogP contribution in [0, 0.1) is 0 Å². The van der Waals surface area contributed by atoms with E-state index in [0.717, 1.165) is 0 Å². The number of thiocarbonyl (C=S) groups is 1. The van der Waals surface area contributed by atoms with Gasteiger partial charge >= 0.3 is 5.97 Å². The molecule has 0 aliphatic carbocycles. The first kappa shape index (κ1) is 24.5. The molecule has 1 aromatic rings. The molecule has 1 saturated heterocycles. The van der Waals surface area contributed by atoms with Gasteiger partial charge in [0.2, 0.25) is 5.91 Å². The Kier molecular flexibility index (Phi) is 10.2. The predicted molar refractivity (Wildman–Crippen MR) is 118 cm³/mol. The summed E-state index contributed by atoms with van der Waals surface area (Å²) in [6, 6.07) is 5.79. The number of nitrogens with zero attached hydrogens (tertiary/aromatic N) is 1. The van der Waals surface area contributed by atoms with Gasteiger partial charge in [0.05, 0.1) is 19.6 Å². The van der Waals surface area contributed by atoms with E-state index < -0.39 is 17.9 Å². The molecule has 9 nitrogen and oxygen atoms in total. The maximum absolute atomic E-state index is 12.6. The third kappa shape index (κ3) is 7.80. The zero-order valence-electron chi connectivity index (χ0n) is 17.8. The van der Waals surface area contributed by atoms with Crippen LogP contribution in [0.4, 0.5) is 0 Å². The van der Waals surface area contributed by atoms with E-state index in [2.05, 4.69) is 10.6 Å². The third-order valence-electron chi connectivity index (χ3n) is 4.46. The molecule has 1 unspecified atom stereocenters. The number of carbonyl (C=O) groups is 3. The molecule has 0 aromatic heterocycles. The summed E-state index contributed by atoms with van der Waals surface area (Å²) in [4.78, 5) is 38.4. The smallest absolute Gasteiger partial charge is 0.308 e. The molecule has 1 aliphatic rings. The molecule has 1 heterocycles. The molecule has 2 amide bonds. The number of carbonyl (C=O) groups excluding carboxylic acids is 3. The second-order valence-corrected chi connectivity index (χ2v) is 7.14. The van der Waals surface area contributed by atoms with Crippen molar-refractivity contribution < 1.29 is 28.6 Å². The van der Waals surface area contributed by atoms with E-state index in [9.17, 15) is 14.4 Å². The summed E-state index contributed by atoms with van der Waals surface area (Å²) in [5.74, 6) is -0.603. The second-order valence-electron chi connectivity index (χ2n) is 6.75. The summed E-state index contributed by atoms with van der Waals surface area (Å²) in [6.07, 6.45) is 0.548. The fourth-order valence-electron chi connectivity index (χ4n) is 2.90. The Morgan fingerprint density at radius 3 is 2.61 bits per heavy atom. The fraction of sp³-hybridized carbons (Fsp3) is 0.524. The van der Waals surface area contributed by atoms with Crippen molar-refractivity contribution in [2.75, 3.05) is 39.5 Å². The number of benzene rings is 1. The fourth-order valence-corrected chi connectivity index (χ4v) is 3.21. The van der Waals surface area contributed by atoms with Gasteiger partial charge in [0.15, 0.2) is 5.11 Å². The average Bonchev–Trinajstić information content (AvgIpc) is 2.77. The zero-order valence-corrected chi connectivity index (χ0v) is 18.7. The third-order valence-corrected chi connectivity index (χ3v) is 4.79. The first-order chi connectivity index (χ1) is 15.0. The highest BCUT2D eigenvalue weighted by Crippen LogP contribution is 2.14. The van der Waals surface area contributed by atoms with Crippen LogP contribution in [0.2, 0.25) is 0 Å². The molecule has 1 atom stereocenters. The number of hydrogen-bond donors (Lipinski definition) is 2. The monoisotopic (exact) mass is 451 g/mol. The summed E-state index contributed by atoms with van der Waals surface area (Å²) < 4.78 is 15.8. The Hall–Kier alpha value is -2.72. The van der Waals surface area contributed by atoms with Crippen molar-refractivity contribution in [3.05, 3.63) is 29.8 Å². The standard InChI is InChI=1S/C21H29N3O6S/c1-3-11-30-18(25)14-17-20(27)22-9-10-24(17)21(31)23-19(26)15-5-7-16(8-6-15)29-13-12-28-4-2/h5-8,17H,3-4,9-14H2,1-2H3,(H,22,27)(H,23,26,31). The van der Waals surface area contributed by atoms with Gasteiger partial charge in [0, 0.05) is 25.3 Å². The lowest BCUT2D eigenvalue weighted by Gasteiger charge is -2.36. The second kappa shape index (κ2) is 12.9. The molecule has 1 aliphatic heterocycles. The van der Waals surface area contributed by atoms with E-state index in [1.807, 2.05) is 13.8 Å². The number of piperazine rings is 1. The van der Waals surface area contributed by atoms with E-state index in [4.69, 9.17) is 26.4 Å². The van der Waals surface area contributed by atoms with E-state index in [1.54, 1.807) is 29.2 Å². The first-order valence-corrected chi connectivity index (χ1v) is 10.7. The number of rotatable bonds is 10. The molecule has 0 saturated carbocycles. The minimum Gasteiger partial charge on any atom is -0.491 e. The molecule has 0 bridgehead atoms. The molecule has 10 heteroatoms. The van der Waals surface area contributed by atoms with Crippen LogP contribution < -0.4 is 15.4 Å². The van der Waals surface area contributed by atoms with E-state index in [1.165, 1.54) is 0 Å². The van der Waals surface area contributed by atoms with Gasteiger partial charge in [0.25, 0.3) is 5.91 Å². The molecule has 170 valence electrons. The van der Waals surface area contributed by atoms with Crippen molar-refractivity contribution in [2.24, 2.45) is 0 Å². The van der Waals surface area contributed by atoms with E-state index in [-0.39, 0.29) is 17.4 Å². The van der Waals surface area contributed by atoms with Gasteiger partial charge in [-0.3, -0.25) is 19.7 Å². The summed E-state index contributed by atoms with van der Waals surface area (Å²) in [6.45, 7) is 6.37. The molecule has 1 fully saturated rings. The van der Waals surface area contributed by atoms with Gasteiger partial charge in [0.1, 0.15) is 18.4 Å². The van der Waals surface area contributed by atoms with Crippen LogP contribution in [0.15, 0.2) is 24.3 Å². The molecule has 2 rings (SSSR count). The number of esters is 1. The quantitative estimate of drug-likeness (QED) is 0.311. The van der Waals surface area contributed by atoms with Crippen LogP contribution in [0.1, 0.15) is 37.0 Å². The number of ether oxygens (including phenoxy) is 3. The number of amides is 2. The number of hydrogen-bond acceptors (Lipinski definition) is 7. The van der Waals surface area contributed by atoms with E-state index in [0.29, 0.717) is 57.3 Å². The average molecular weight is 452 g/mol. The Labute approximate surface area is 187 Å². The lowest BCUT2D eigenvalue weighted by Crippen LogP contribution is -2.60. The lowest BCUT2D eigenvalue weighted by atomic mass is 10.1. The van der Waals surface area contributed by atoms with Crippen molar-refractivity contribution >= 4 is 35.1 Å². The van der Waals surface area contributed by atoms with Gasteiger partial charge in [-0.25, -0.2) is 0 Å². The largest absolute Gasteiger partial charge is 0.491 e. The van der Waals surface area contributed by atoms with Gasteiger partial charge in [-0.1, -0.05) is 6.92 Å². The topological polar surface area (TPSA) is 106 Å². The van der Waals surface area contributed by atoms with Crippen molar-refractivity contribution in [1.29, 1.82) is 0 Å². The molecule has 0 radical (unpaired) electrons. The van der Waals surface area contributed by atoms with Gasteiger partial charge in [-0.2, -0.15) is 0 Å².